The molecule has 5 heteroatoms. The van der Waals surface area contributed by atoms with Gasteiger partial charge in [-0.1, -0.05) is 18.2 Å². The van der Waals surface area contributed by atoms with Crippen LogP contribution >= 0.6 is 0 Å². The average molecular weight is 319 g/mol. The van der Waals surface area contributed by atoms with Crippen LogP contribution in [-0.4, -0.2) is 62.3 Å². The first-order valence-corrected chi connectivity index (χ1v) is 8.54. The first-order chi connectivity index (χ1) is 11.1. The van der Waals surface area contributed by atoms with E-state index in [0.717, 1.165) is 32.7 Å². The fourth-order valence-corrected chi connectivity index (χ4v) is 2.95. The predicted octanol–water partition coefficient (Wildman–Crippen LogP) is 1.74. The highest BCUT2D eigenvalue weighted by molar-refractivity contribution is 5.80. The number of ether oxygens (including phenoxy) is 1. The fraction of sp³-hybridized carbons (Fsp3) is 0.611. The molecule has 1 N–H and O–H groups in total. The Bertz CT molecular complexity index is 472. The van der Waals surface area contributed by atoms with Gasteiger partial charge in [0.1, 0.15) is 6.10 Å². The van der Waals surface area contributed by atoms with Crippen molar-refractivity contribution in [2.24, 2.45) is 0 Å². The molecule has 0 aromatic heterocycles. The smallest absolute Gasteiger partial charge is 0.249 e. The van der Waals surface area contributed by atoms with E-state index in [2.05, 4.69) is 46.3 Å². The molecule has 128 valence electrons. The number of para-hydroxylation sites is 1. The van der Waals surface area contributed by atoms with Gasteiger partial charge in [-0.2, -0.15) is 0 Å². The third-order valence-corrected chi connectivity index (χ3v) is 4.20. The van der Waals surface area contributed by atoms with E-state index in [-0.39, 0.29) is 18.1 Å². The highest BCUT2D eigenvalue weighted by Gasteiger charge is 2.20. The van der Waals surface area contributed by atoms with E-state index >= 15 is 0 Å². The Morgan fingerprint density at radius 2 is 1.83 bits per heavy atom. The molecule has 2 rings (SSSR count). The third kappa shape index (κ3) is 5.52. The Morgan fingerprint density at radius 1 is 1.17 bits per heavy atom. The number of nitrogens with one attached hydrogen (secondary N) is 1. The zero-order valence-corrected chi connectivity index (χ0v) is 14.5. The van der Waals surface area contributed by atoms with Crippen LogP contribution in [0.25, 0.3) is 0 Å². The zero-order chi connectivity index (χ0) is 16.7. The van der Waals surface area contributed by atoms with Gasteiger partial charge >= 0.3 is 0 Å². The minimum absolute atomic E-state index is 0.0257. The molecule has 0 spiro atoms. The van der Waals surface area contributed by atoms with E-state index < -0.39 is 0 Å². The number of carbonyl (C=O) groups is 1. The number of carbonyl (C=O) groups excluding carboxylic acids is 1. The van der Waals surface area contributed by atoms with Crippen LogP contribution in [-0.2, 0) is 9.53 Å². The molecule has 0 saturated carbocycles. The second-order valence-electron chi connectivity index (χ2n) is 6.13. The van der Waals surface area contributed by atoms with Crippen LogP contribution in [0.2, 0.25) is 0 Å². The maximum atomic E-state index is 12.0. The quantitative estimate of drug-likeness (QED) is 0.831. The van der Waals surface area contributed by atoms with Crippen LogP contribution in [0.15, 0.2) is 30.3 Å². The van der Waals surface area contributed by atoms with Crippen molar-refractivity contribution in [2.75, 3.05) is 44.2 Å². The standard InChI is InChI=1S/C18H29N3O2/c1-4-23-16(3)18(22)19-15(2)14-20-10-12-21(13-11-20)17-8-6-5-7-9-17/h5-9,15-16H,4,10-14H2,1-3H3,(H,19,22)/t15-,16-/m1/s1. The van der Waals surface area contributed by atoms with E-state index in [1.807, 2.05) is 13.0 Å². The number of hydrogen-bond acceptors (Lipinski definition) is 4. The minimum atomic E-state index is -0.377. The van der Waals surface area contributed by atoms with Crippen molar-refractivity contribution in [1.82, 2.24) is 10.2 Å². The van der Waals surface area contributed by atoms with Gasteiger partial charge in [-0.15, -0.1) is 0 Å². The summed E-state index contributed by atoms with van der Waals surface area (Å²) >= 11 is 0. The third-order valence-electron chi connectivity index (χ3n) is 4.20. The molecule has 1 aliphatic rings. The first kappa shape index (κ1) is 17.8. The molecule has 2 atom stereocenters. The van der Waals surface area contributed by atoms with Crippen molar-refractivity contribution >= 4 is 11.6 Å². The molecule has 1 fully saturated rings. The zero-order valence-electron chi connectivity index (χ0n) is 14.5. The Labute approximate surface area is 139 Å². The Balaban J connectivity index is 1.72. The molecule has 1 amide bonds. The van der Waals surface area contributed by atoms with Gasteiger partial charge in [0.2, 0.25) is 5.91 Å². The summed E-state index contributed by atoms with van der Waals surface area (Å²) in [5.74, 6) is -0.0257. The van der Waals surface area contributed by atoms with Gasteiger partial charge in [0, 0.05) is 51.1 Å². The maximum absolute atomic E-state index is 12.0. The lowest BCUT2D eigenvalue weighted by Crippen LogP contribution is -2.51. The maximum Gasteiger partial charge on any atom is 0.249 e. The molecule has 1 saturated heterocycles. The normalized spacial score (nSPS) is 18.5. The van der Waals surface area contributed by atoms with E-state index in [1.54, 1.807) is 6.92 Å². The first-order valence-electron chi connectivity index (χ1n) is 8.54. The number of hydrogen-bond donors (Lipinski definition) is 1. The van der Waals surface area contributed by atoms with Crippen LogP contribution in [0, 0.1) is 0 Å². The van der Waals surface area contributed by atoms with E-state index in [0.29, 0.717) is 6.61 Å². The van der Waals surface area contributed by atoms with Gasteiger partial charge < -0.3 is 15.0 Å². The summed E-state index contributed by atoms with van der Waals surface area (Å²) in [6.07, 6.45) is -0.377. The van der Waals surface area contributed by atoms with Crippen LogP contribution in [0.4, 0.5) is 5.69 Å². The number of rotatable bonds is 7. The minimum Gasteiger partial charge on any atom is -0.369 e. The summed E-state index contributed by atoms with van der Waals surface area (Å²) in [4.78, 5) is 16.8. The molecule has 1 heterocycles. The monoisotopic (exact) mass is 319 g/mol. The average Bonchev–Trinajstić information content (AvgIpc) is 2.56. The summed E-state index contributed by atoms with van der Waals surface area (Å²) in [5, 5.41) is 3.04. The molecule has 5 nitrogen and oxygen atoms in total. The number of piperazine rings is 1. The van der Waals surface area contributed by atoms with Gasteiger partial charge in [-0.3, -0.25) is 9.69 Å². The van der Waals surface area contributed by atoms with Crippen LogP contribution < -0.4 is 10.2 Å². The molecular formula is C18H29N3O2. The highest BCUT2D eigenvalue weighted by Crippen LogP contribution is 2.15. The predicted molar refractivity (Wildman–Crippen MR) is 93.8 cm³/mol. The summed E-state index contributed by atoms with van der Waals surface area (Å²) in [7, 11) is 0. The summed E-state index contributed by atoms with van der Waals surface area (Å²) in [6, 6.07) is 10.7. The lowest BCUT2D eigenvalue weighted by Gasteiger charge is -2.37. The SMILES string of the molecule is CCO[C@H](C)C(=O)N[C@H](C)CN1CCN(c2ccccc2)CC1. The molecule has 0 unspecified atom stereocenters. The number of benzene rings is 1. The van der Waals surface area contributed by atoms with Crippen molar-refractivity contribution in [3.05, 3.63) is 30.3 Å². The van der Waals surface area contributed by atoms with Crippen molar-refractivity contribution in [3.63, 3.8) is 0 Å². The van der Waals surface area contributed by atoms with Gasteiger partial charge in [0.15, 0.2) is 0 Å². The van der Waals surface area contributed by atoms with Crippen molar-refractivity contribution < 1.29 is 9.53 Å². The number of amides is 1. The largest absolute Gasteiger partial charge is 0.369 e. The highest BCUT2D eigenvalue weighted by atomic mass is 16.5. The van der Waals surface area contributed by atoms with E-state index in [9.17, 15) is 4.79 Å². The molecular weight excluding hydrogens is 290 g/mol. The van der Waals surface area contributed by atoms with Crippen molar-refractivity contribution in [3.8, 4) is 0 Å². The Kier molecular flexibility index (Phi) is 6.86. The molecule has 0 bridgehead atoms. The lowest BCUT2D eigenvalue weighted by atomic mass is 10.2. The Morgan fingerprint density at radius 3 is 2.43 bits per heavy atom. The number of anilines is 1. The second kappa shape index (κ2) is 8.89. The van der Waals surface area contributed by atoms with E-state index in [1.165, 1.54) is 5.69 Å². The van der Waals surface area contributed by atoms with Gasteiger partial charge in [-0.05, 0) is 32.9 Å². The summed E-state index contributed by atoms with van der Waals surface area (Å²) in [6.45, 7) is 11.3. The summed E-state index contributed by atoms with van der Waals surface area (Å²) < 4.78 is 5.33. The molecule has 0 radical (unpaired) electrons. The number of nitrogens with zero attached hydrogens (tertiary/aromatic N) is 2. The molecule has 1 aromatic carbocycles. The molecule has 1 aromatic rings. The molecule has 0 aliphatic carbocycles. The van der Waals surface area contributed by atoms with Gasteiger partial charge in [0.25, 0.3) is 0 Å². The molecule has 1 aliphatic heterocycles. The Hall–Kier alpha value is -1.59. The van der Waals surface area contributed by atoms with Crippen LogP contribution in [0.5, 0.6) is 0 Å². The van der Waals surface area contributed by atoms with Crippen molar-refractivity contribution in [1.29, 1.82) is 0 Å². The van der Waals surface area contributed by atoms with Crippen molar-refractivity contribution in [2.45, 2.75) is 32.9 Å². The second-order valence-corrected chi connectivity index (χ2v) is 6.13. The van der Waals surface area contributed by atoms with Gasteiger partial charge in [-0.25, -0.2) is 0 Å². The summed E-state index contributed by atoms with van der Waals surface area (Å²) in [5.41, 5.74) is 1.29. The molecule has 23 heavy (non-hydrogen) atoms. The van der Waals surface area contributed by atoms with Gasteiger partial charge in [0.05, 0.1) is 0 Å². The fourth-order valence-electron chi connectivity index (χ4n) is 2.95. The van der Waals surface area contributed by atoms with Crippen LogP contribution in [0.1, 0.15) is 20.8 Å². The lowest BCUT2D eigenvalue weighted by molar-refractivity contribution is -0.132. The topological polar surface area (TPSA) is 44.8 Å². The van der Waals surface area contributed by atoms with E-state index in [4.69, 9.17) is 4.74 Å². The van der Waals surface area contributed by atoms with Crippen LogP contribution in [0.3, 0.4) is 0 Å².